The van der Waals surface area contributed by atoms with Crippen molar-refractivity contribution >= 4 is 47.0 Å². The Morgan fingerprint density at radius 3 is 2.27 bits per heavy atom. The fourth-order valence-electron chi connectivity index (χ4n) is 1.09. The topological polar surface area (TPSA) is 0 Å². The zero-order valence-electron chi connectivity index (χ0n) is 6.40. The third kappa shape index (κ3) is 2.83. The van der Waals surface area contributed by atoms with Crippen LogP contribution in [0.3, 0.4) is 0 Å². The van der Waals surface area contributed by atoms with E-state index in [4.69, 9.17) is 0 Å². The average Bonchev–Trinajstić information content (AvgIpc) is 2.39. The average molecular weight is 226 g/mol. The smallest absolute Gasteiger partial charge is 0.0310 e. The molecule has 0 aliphatic carbocycles. The maximum atomic E-state index is 4.30. The van der Waals surface area contributed by atoms with Gasteiger partial charge in [0, 0.05) is 5.08 Å². The summed E-state index contributed by atoms with van der Waals surface area (Å²) in [6.07, 6.45) is 0. The third-order valence-electron chi connectivity index (χ3n) is 1.74. The Kier molecular flexibility index (Phi) is 4.64. The lowest BCUT2D eigenvalue weighted by atomic mass is 10.9. The number of thiol groups is 2. The summed E-state index contributed by atoms with van der Waals surface area (Å²) in [4.78, 5) is 0. The Hall–Kier alpha value is 1.14. The molecule has 0 saturated heterocycles. The van der Waals surface area contributed by atoms with Crippen LogP contribution in [0.5, 0.6) is 0 Å². The van der Waals surface area contributed by atoms with Crippen molar-refractivity contribution in [2.45, 2.75) is 0 Å². The molecule has 0 aromatic carbocycles. The Labute approximate surface area is 85.7 Å². The monoisotopic (exact) mass is 226 g/mol. The predicted molar refractivity (Wildman–Crippen MR) is 66.6 cm³/mol. The SMILES string of the molecule is SCCS1(CCS)C=CSC1. The standard InChI is InChI=1S/C7H14S4/c8-1-4-11(5-2-9)6-3-10-7-11/h3,6,8-9H,1-2,4-5,7H2. The van der Waals surface area contributed by atoms with Gasteiger partial charge < -0.3 is 0 Å². The zero-order chi connectivity index (χ0) is 8.16. The first kappa shape index (κ1) is 10.2. The largest absolute Gasteiger partial charge is 0.209 e. The van der Waals surface area contributed by atoms with Crippen molar-refractivity contribution in [3.63, 3.8) is 0 Å². The normalized spacial score (nSPS) is 23.8. The van der Waals surface area contributed by atoms with Gasteiger partial charge in [0.1, 0.15) is 0 Å². The minimum atomic E-state index is -0.432. The van der Waals surface area contributed by atoms with Crippen LogP contribution in [0.4, 0.5) is 0 Å². The molecule has 4 heteroatoms. The Morgan fingerprint density at radius 1 is 1.27 bits per heavy atom. The summed E-state index contributed by atoms with van der Waals surface area (Å²) in [5, 5.41) is 5.99. The van der Waals surface area contributed by atoms with E-state index < -0.39 is 10.0 Å². The van der Waals surface area contributed by atoms with Crippen LogP contribution in [0.25, 0.3) is 0 Å². The number of thioether (sulfide) groups is 1. The van der Waals surface area contributed by atoms with Gasteiger partial charge in [0.15, 0.2) is 0 Å². The van der Waals surface area contributed by atoms with Crippen molar-refractivity contribution in [2.24, 2.45) is 0 Å². The van der Waals surface area contributed by atoms with Gasteiger partial charge in [-0.2, -0.15) is 25.3 Å². The van der Waals surface area contributed by atoms with Gasteiger partial charge in [0.25, 0.3) is 0 Å². The van der Waals surface area contributed by atoms with E-state index in [2.05, 4.69) is 36.1 Å². The maximum Gasteiger partial charge on any atom is 0.0310 e. The molecule has 0 nitrogen and oxygen atoms in total. The molecule has 0 radical (unpaired) electrons. The fraction of sp³-hybridized carbons (Fsp3) is 0.714. The van der Waals surface area contributed by atoms with Crippen molar-refractivity contribution in [1.82, 2.24) is 0 Å². The lowest BCUT2D eigenvalue weighted by Crippen LogP contribution is -2.09. The Balaban J connectivity index is 2.48. The highest BCUT2D eigenvalue weighted by molar-refractivity contribution is 8.44. The minimum absolute atomic E-state index is 0.432. The first-order valence-corrected chi connectivity index (χ1v) is 8.11. The maximum absolute atomic E-state index is 4.30. The molecule has 0 spiro atoms. The van der Waals surface area contributed by atoms with Gasteiger partial charge in [-0.3, -0.25) is 0 Å². The highest BCUT2D eigenvalue weighted by Crippen LogP contribution is 2.56. The minimum Gasteiger partial charge on any atom is -0.209 e. The van der Waals surface area contributed by atoms with E-state index in [1.807, 2.05) is 11.8 Å². The molecule has 0 amide bonds. The molecule has 0 N–H and O–H groups in total. The van der Waals surface area contributed by atoms with Crippen LogP contribution in [0.15, 0.2) is 10.8 Å². The van der Waals surface area contributed by atoms with Gasteiger partial charge in [-0.1, -0.05) is 0 Å². The van der Waals surface area contributed by atoms with Crippen molar-refractivity contribution in [3.05, 3.63) is 10.8 Å². The van der Waals surface area contributed by atoms with Gasteiger partial charge in [-0.25, -0.2) is 10.0 Å². The summed E-state index contributed by atoms with van der Waals surface area (Å²) in [5.41, 5.74) is 0. The number of rotatable bonds is 4. The molecule has 11 heavy (non-hydrogen) atoms. The molecular formula is C7H14S4. The molecular weight excluding hydrogens is 212 g/mol. The summed E-state index contributed by atoms with van der Waals surface area (Å²) in [6.45, 7) is 0. The summed E-state index contributed by atoms with van der Waals surface area (Å²) in [6, 6.07) is 0. The lowest BCUT2D eigenvalue weighted by Gasteiger charge is -2.31. The Bertz CT molecular complexity index is 137. The van der Waals surface area contributed by atoms with Crippen LogP contribution < -0.4 is 0 Å². The van der Waals surface area contributed by atoms with Crippen molar-refractivity contribution in [1.29, 1.82) is 0 Å². The molecule has 1 rings (SSSR count). The predicted octanol–water partition coefficient (Wildman–Crippen LogP) is 2.83. The molecule has 0 aromatic heterocycles. The summed E-state index contributed by atoms with van der Waals surface area (Å²) in [7, 11) is -0.432. The van der Waals surface area contributed by atoms with Crippen LogP contribution in [-0.2, 0) is 0 Å². The van der Waals surface area contributed by atoms with Crippen LogP contribution in [-0.4, -0.2) is 28.1 Å². The second kappa shape index (κ2) is 5.00. The van der Waals surface area contributed by atoms with Crippen LogP contribution in [0, 0.1) is 0 Å². The van der Waals surface area contributed by atoms with E-state index in [0.29, 0.717) is 0 Å². The molecule has 0 bridgehead atoms. The summed E-state index contributed by atoms with van der Waals surface area (Å²) in [5.74, 6) is 4.60. The zero-order valence-corrected chi connectivity index (χ0v) is 9.82. The fourth-order valence-corrected chi connectivity index (χ4v) is 8.39. The first-order valence-electron chi connectivity index (χ1n) is 3.59. The van der Waals surface area contributed by atoms with Crippen LogP contribution in [0.2, 0.25) is 0 Å². The number of hydrogen-bond donors (Lipinski definition) is 2. The van der Waals surface area contributed by atoms with Crippen molar-refractivity contribution in [2.75, 3.05) is 28.1 Å². The molecule has 0 saturated carbocycles. The summed E-state index contributed by atoms with van der Waals surface area (Å²) < 4.78 is 0. The van der Waals surface area contributed by atoms with Crippen LogP contribution >= 0.6 is 47.0 Å². The van der Waals surface area contributed by atoms with E-state index in [0.717, 1.165) is 11.5 Å². The van der Waals surface area contributed by atoms with E-state index in [1.54, 1.807) is 0 Å². The summed E-state index contributed by atoms with van der Waals surface area (Å²) >= 11 is 10.5. The molecule has 1 heterocycles. The molecule has 0 fully saturated rings. The molecule has 1 aliphatic heterocycles. The van der Waals surface area contributed by atoms with E-state index in [9.17, 15) is 0 Å². The lowest BCUT2D eigenvalue weighted by molar-refractivity contribution is 1.45. The van der Waals surface area contributed by atoms with E-state index in [1.165, 1.54) is 16.6 Å². The first-order chi connectivity index (χ1) is 5.33. The van der Waals surface area contributed by atoms with E-state index in [-0.39, 0.29) is 0 Å². The van der Waals surface area contributed by atoms with Gasteiger partial charge in [-0.05, 0) is 33.8 Å². The van der Waals surface area contributed by atoms with Crippen molar-refractivity contribution in [3.8, 4) is 0 Å². The molecule has 0 unspecified atom stereocenters. The van der Waals surface area contributed by atoms with Crippen LogP contribution in [0.1, 0.15) is 0 Å². The van der Waals surface area contributed by atoms with E-state index >= 15 is 0 Å². The van der Waals surface area contributed by atoms with Gasteiger partial charge in [0.2, 0.25) is 0 Å². The molecule has 1 aliphatic rings. The van der Waals surface area contributed by atoms with Gasteiger partial charge in [0.05, 0.1) is 0 Å². The Morgan fingerprint density at radius 2 is 1.91 bits per heavy atom. The van der Waals surface area contributed by atoms with Crippen molar-refractivity contribution < 1.29 is 0 Å². The highest BCUT2D eigenvalue weighted by atomic mass is 32.3. The third-order valence-corrected chi connectivity index (χ3v) is 8.46. The second-order valence-corrected chi connectivity index (χ2v) is 8.28. The molecule has 66 valence electrons. The highest BCUT2D eigenvalue weighted by Gasteiger charge is 2.22. The number of hydrogen-bond acceptors (Lipinski definition) is 3. The molecule has 0 atom stereocenters. The molecule has 0 aromatic rings. The van der Waals surface area contributed by atoms with Gasteiger partial charge in [-0.15, -0.1) is 11.8 Å². The second-order valence-electron chi connectivity index (χ2n) is 2.52. The van der Waals surface area contributed by atoms with Gasteiger partial charge >= 0.3 is 0 Å². The quantitative estimate of drug-likeness (QED) is 0.695.